The molecule has 2 heterocycles. The Bertz CT molecular complexity index is 1190. The first-order valence-corrected chi connectivity index (χ1v) is 10.6. The zero-order valence-corrected chi connectivity index (χ0v) is 19.7. The van der Waals surface area contributed by atoms with Crippen LogP contribution in [0.3, 0.4) is 0 Å². The van der Waals surface area contributed by atoms with Gasteiger partial charge in [-0.3, -0.25) is 24.4 Å². The summed E-state index contributed by atoms with van der Waals surface area (Å²) in [4.78, 5) is 38.8. The zero-order valence-electron chi connectivity index (χ0n) is 17.5. The Morgan fingerprint density at radius 2 is 1.88 bits per heavy atom. The molecule has 2 amide bonds. The molecule has 0 saturated heterocycles. The van der Waals surface area contributed by atoms with E-state index < -0.39 is 16.7 Å². The average Bonchev–Trinajstić information content (AvgIpc) is 3.31. The van der Waals surface area contributed by atoms with Crippen molar-refractivity contribution in [1.82, 2.24) is 30.6 Å². The minimum atomic E-state index is -0.563. The van der Waals surface area contributed by atoms with E-state index >= 15 is 0 Å². The Hall–Kier alpha value is -3.36. The van der Waals surface area contributed by atoms with Crippen LogP contribution in [0.1, 0.15) is 43.8 Å². The molecule has 13 heteroatoms. The van der Waals surface area contributed by atoms with Crippen LogP contribution in [0.2, 0.25) is 0 Å². The van der Waals surface area contributed by atoms with E-state index in [-0.39, 0.29) is 31.2 Å². The van der Waals surface area contributed by atoms with Crippen molar-refractivity contribution in [2.45, 2.75) is 27.3 Å². The number of nitrogens with one attached hydrogen (secondary N) is 2. The number of carbonyl (C=O) groups is 2. The lowest BCUT2D eigenvalue weighted by Gasteiger charge is -2.06. The molecule has 1 aromatic carbocycles. The van der Waals surface area contributed by atoms with Gasteiger partial charge in [0.25, 0.3) is 11.6 Å². The SMILES string of the molecule is Cc1cc(C(=O)NCCNC(=O)c2nc(Cn3nc(C)c(I)c3C)no2)ccc1[N+](=O)[O-]. The molecule has 0 radical (unpaired) electrons. The molecule has 3 aromatic rings. The molecule has 0 aliphatic heterocycles. The molecule has 0 aliphatic rings. The number of nitro benzene ring substituents is 1. The van der Waals surface area contributed by atoms with Gasteiger partial charge in [-0.15, -0.1) is 0 Å². The van der Waals surface area contributed by atoms with Crippen LogP contribution in [0, 0.1) is 34.5 Å². The summed E-state index contributed by atoms with van der Waals surface area (Å²) in [7, 11) is 0. The second-order valence-electron chi connectivity index (χ2n) is 6.93. The zero-order chi connectivity index (χ0) is 23.4. The first kappa shape index (κ1) is 23.3. The minimum Gasteiger partial charge on any atom is -0.350 e. The maximum Gasteiger partial charge on any atom is 0.316 e. The molecule has 2 N–H and O–H groups in total. The van der Waals surface area contributed by atoms with Gasteiger partial charge in [-0.1, -0.05) is 5.16 Å². The summed E-state index contributed by atoms with van der Waals surface area (Å²) < 4.78 is 7.79. The summed E-state index contributed by atoms with van der Waals surface area (Å²) in [6.07, 6.45) is 0. The number of aromatic nitrogens is 4. The predicted octanol–water partition coefficient (Wildman–Crippen LogP) is 1.91. The van der Waals surface area contributed by atoms with Crippen molar-refractivity contribution >= 4 is 40.1 Å². The van der Waals surface area contributed by atoms with Crippen molar-refractivity contribution in [3.63, 3.8) is 0 Å². The Kier molecular flexibility index (Phi) is 7.17. The maximum absolute atomic E-state index is 12.2. The third-order valence-corrected chi connectivity index (χ3v) is 6.16. The number of aryl methyl sites for hydroxylation is 2. The van der Waals surface area contributed by atoms with Crippen molar-refractivity contribution in [1.29, 1.82) is 0 Å². The van der Waals surface area contributed by atoms with Crippen LogP contribution in [0.4, 0.5) is 5.69 Å². The number of rotatable bonds is 8. The van der Waals surface area contributed by atoms with Crippen LogP contribution in [-0.4, -0.2) is 49.7 Å². The number of hydrogen-bond acceptors (Lipinski definition) is 8. The first-order chi connectivity index (χ1) is 15.2. The Labute approximate surface area is 196 Å². The number of carbonyl (C=O) groups excluding carboxylic acids is 2. The maximum atomic E-state index is 12.2. The molecule has 0 spiro atoms. The van der Waals surface area contributed by atoms with E-state index in [1.807, 2.05) is 13.8 Å². The summed E-state index contributed by atoms with van der Waals surface area (Å²) >= 11 is 2.21. The van der Waals surface area contributed by atoms with E-state index in [0.717, 1.165) is 15.0 Å². The predicted molar refractivity (Wildman–Crippen MR) is 120 cm³/mol. The summed E-state index contributed by atoms with van der Waals surface area (Å²) in [5, 5.41) is 24.3. The van der Waals surface area contributed by atoms with Gasteiger partial charge in [-0.05, 0) is 55.5 Å². The molecule has 168 valence electrons. The van der Waals surface area contributed by atoms with E-state index in [1.165, 1.54) is 18.2 Å². The lowest BCUT2D eigenvalue weighted by atomic mass is 10.1. The molecular weight excluding hydrogens is 533 g/mol. The topological polar surface area (TPSA) is 158 Å². The van der Waals surface area contributed by atoms with Crippen LogP contribution in [-0.2, 0) is 6.54 Å². The highest BCUT2D eigenvalue weighted by Gasteiger charge is 2.17. The third-order valence-electron chi connectivity index (χ3n) is 4.60. The molecule has 0 unspecified atom stereocenters. The van der Waals surface area contributed by atoms with Gasteiger partial charge in [0.05, 0.1) is 14.2 Å². The van der Waals surface area contributed by atoms with Gasteiger partial charge in [0.15, 0.2) is 5.82 Å². The van der Waals surface area contributed by atoms with Gasteiger partial charge in [0, 0.05) is 36.0 Å². The van der Waals surface area contributed by atoms with Gasteiger partial charge >= 0.3 is 11.8 Å². The number of benzene rings is 1. The van der Waals surface area contributed by atoms with Crippen LogP contribution < -0.4 is 10.6 Å². The minimum absolute atomic E-state index is 0.0553. The van der Waals surface area contributed by atoms with Crippen LogP contribution in [0.15, 0.2) is 22.7 Å². The van der Waals surface area contributed by atoms with Gasteiger partial charge in [0.2, 0.25) is 0 Å². The molecular formula is C19H20IN7O5. The van der Waals surface area contributed by atoms with E-state index in [9.17, 15) is 19.7 Å². The molecule has 0 fully saturated rings. The smallest absolute Gasteiger partial charge is 0.316 e. The van der Waals surface area contributed by atoms with Crippen molar-refractivity contribution in [3.05, 3.63) is 66.1 Å². The summed E-state index contributed by atoms with van der Waals surface area (Å²) in [5.41, 5.74) is 2.49. The number of nitro groups is 1. The fourth-order valence-electron chi connectivity index (χ4n) is 2.90. The lowest BCUT2D eigenvalue weighted by molar-refractivity contribution is -0.385. The Morgan fingerprint density at radius 1 is 1.19 bits per heavy atom. The monoisotopic (exact) mass is 553 g/mol. The molecule has 2 aromatic heterocycles. The van der Waals surface area contributed by atoms with Crippen molar-refractivity contribution in [3.8, 4) is 0 Å². The van der Waals surface area contributed by atoms with Crippen LogP contribution in [0.25, 0.3) is 0 Å². The quantitative estimate of drug-likeness (QED) is 0.185. The van der Waals surface area contributed by atoms with Gasteiger partial charge in [-0.2, -0.15) is 10.1 Å². The molecule has 0 bridgehead atoms. The fraction of sp³-hybridized carbons (Fsp3) is 0.316. The fourth-order valence-corrected chi connectivity index (χ4v) is 3.29. The Balaban J connectivity index is 1.48. The van der Waals surface area contributed by atoms with Gasteiger partial charge in [0.1, 0.15) is 6.54 Å². The summed E-state index contributed by atoms with van der Waals surface area (Å²) in [5.74, 6) is -0.837. The van der Waals surface area contributed by atoms with Crippen molar-refractivity contribution in [2.24, 2.45) is 0 Å². The number of halogens is 1. The molecule has 0 atom stereocenters. The number of amides is 2. The van der Waals surface area contributed by atoms with Crippen molar-refractivity contribution in [2.75, 3.05) is 13.1 Å². The van der Waals surface area contributed by atoms with E-state index in [0.29, 0.717) is 17.0 Å². The third kappa shape index (κ3) is 5.27. The van der Waals surface area contributed by atoms with Crippen molar-refractivity contribution < 1.29 is 19.0 Å². The largest absolute Gasteiger partial charge is 0.350 e. The lowest BCUT2D eigenvalue weighted by Crippen LogP contribution is -2.34. The number of hydrogen-bond donors (Lipinski definition) is 2. The summed E-state index contributed by atoms with van der Waals surface area (Å²) in [6.45, 7) is 5.94. The average molecular weight is 553 g/mol. The van der Waals surface area contributed by atoms with Crippen LogP contribution >= 0.6 is 22.6 Å². The van der Waals surface area contributed by atoms with Gasteiger partial charge in [-0.25, -0.2) is 0 Å². The van der Waals surface area contributed by atoms with E-state index in [4.69, 9.17) is 4.52 Å². The molecule has 32 heavy (non-hydrogen) atoms. The highest BCUT2D eigenvalue weighted by atomic mass is 127. The molecule has 0 saturated carbocycles. The highest BCUT2D eigenvalue weighted by molar-refractivity contribution is 14.1. The molecule has 12 nitrogen and oxygen atoms in total. The first-order valence-electron chi connectivity index (χ1n) is 9.51. The Morgan fingerprint density at radius 3 is 2.47 bits per heavy atom. The van der Waals surface area contributed by atoms with E-state index in [1.54, 1.807) is 11.6 Å². The van der Waals surface area contributed by atoms with Crippen LogP contribution in [0.5, 0.6) is 0 Å². The molecule has 0 aliphatic carbocycles. The second-order valence-corrected chi connectivity index (χ2v) is 8.01. The summed E-state index contributed by atoms with van der Waals surface area (Å²) in [6, 6.07) is 4.10. The second kappa shape index (κ2) is 9.84. The van der Waals surface area contributed by atoms with E-state index in [2.05, 4.69) is 48.5 Å². The molecule has 3 rings (SSSR count). The normalized spacial score (nSPS) is 10.8. The highest BCUT2D eigenvalue weighted by Crippen LogP contribution is 2.18. The van der Waals surface area contributed by atoms with Gasteiger partial charge < -0.3 is 15.2 Å². The standard InChI is InChI=1S/C19H20IN7O5/c1-10-8-13(4-5-14(10)27(30)31)17(28)21-6-7-22-18(29)19-23-15(25-32-19)9-26-12(3)16(20)11(2)24-26/h4-5,8H,6-7,9H2,1-3H3,(H,21,28)(H,22,29). The number of nitrogens with zero attached hydrogens (tertiary/aromatic N) is 5.